The SMILES string of the molecule is CC[C@H]1CCN(S(=O)(=O)N2CCOCC2)C[C@@H]1O. The molecule has 2 aliphatic heterocycles. The molecule has 0 saturated carbocycles. The van der Waals surface area contributed by atoms with E-state index in [0.717, 1.165) is 12.8 Å². The Bertz CT molecular complexity index is 367. The van der Waals surface area contributed by atoms with Crippen molar-refractivity contribution in [2.45, 2.75) is 25.9 Å². The summed E-state index contributed by atoms with van der Waals surface area (Å²) >= 11 is 0. The minimum atomic E-state index is -3.42. The van der Waals surface area contributed by atoms with Crippen molar-refractivity contribution in [2.75, 3.05) is 39.4 Å². The van der Waals surface area contributed by atoms with E-state index in [2.05, 4.69) is 0 Å². The molecule has 18 heavy (non-hydrogen) atoms. The van der Waals surface area contributed by atoms with E-state index in [1.54, 1.807) is 0 Å². The molecule has 106 valence electrons. The Morgan fingerprint density at radius 2 is 1.89 bits per heavy atom. The molecule has 2 saturated heterocycles. The number of aliphatic hydroxyl groups is 1. The van der Waals surface area contributed by atoms with Gasteiger partial charge in [0, 0.05) is 26.2 Å². The molecular formula is C11H22N2O4S. The Hall–Kier alpha value is -0.210. The lowest BCUT2D eigenvalue weighted by Gasteiger charge is -2.38. The Labute approximate surface area is 109 Å². The van der Waals surface area contributed by atoms with Gasteiger partial charge >= 0.3 is 0 Å². The van der Waals surface area contributed by atoms with Crippen LogP contribution in [-0.2, 0) is 14.9 Å². The van der Waals surface area contributed by atoms with Gasteiger partial charge in [-0.2, -0.15) is 17.0 Å². The summed E-state index contributed by atoms with van der Waals surface area (Å²) < 4.78 is 32.8. The van der Waals surface area contributed by atoms with Crippen LogP contribution in [0.25, 0.3) is 0 Å². The van der Waals surface area contributed by atoms with Crippen LogP contribution in [0.2, 0.25) is 0 Å². The molecule has 0 spiro atoms. The van der Waals surface area contributed by atoms with Gasteiger partial charge < -0.3 is 9.84 Å². The standard InChI is InChI=1S/C11H22N2O4S/c1-2-10-3-4-13(9-11(10)14)18(15,16)12-5-7-17-8-6-12/h10-11,14H,2-9H2,1H3/t10-,11-/m0/s1. The smallest absolute Gasteiger partial charge is 0.282 e. The second-order valence-electron chi connectivity index (χ2n) is 4.90. The molecule has 0 aliphatic carbocycles. The molecule has 6 nitrogen and oxygen atoms in total. The van der Waals surface area contributed by atoms with E-state index < -0.39 is 16.3 Å². The van der Waals surface area contributed by atoms with Crippen LogP contribution in [0.4, 0.5) is 0 Å². The fraction of sp³-hybridized carbons (Fsp3) is 1.00. The molecule has 0 aromatic carbocycles. The topological polar surface area (TPSA) is 70.1 Å². The van der Waals surface area contributed by atoms with Crippen molar-refractivity contribution < 1.29 is 18.3 Å². The Balaban J connectivity index is 2.02. The Kier molecular flexibility index (Phi) is 4.60. The van der Waals surface area contributed by atoms with Crippen LogP contribution in [0.1, 0.15) is 19.8 Å². The highest BCUT2D eigenvalue weighted by atomic mass is 32.2. The molecule has 2 atom stereocenters. The quantitative estimate of drug-likeness (QED) is 0.766. The van der Waals surface area contributed by atoms with Crippen molar-refractivity contribution in [2.24, 2.45) is 5.92 Å². The molecule has 0 amide bonds. The summed E-state index contributed by atoms with van der Waals surface area (Å²) in [6.45, 7) is 4.48. The number of hydrogen-bond acceptors (Lipinski definition) is 4. The largest absolute Gasteiger partial charge is 0.391 e. The molecule has 1 N–H and O–H groups in total. The van der Waals surface area contributed by atoms with Gasteiger partial charge in [-0.3, -0.25) is 0 Å². The highest BCUT2D eigenvalue weighted by molar-refractivity contribution is 7.86. The van der Waals surface area contributed by atoms with Gasteiger partial charge in [0.2, 0.25) is 0 Å². The number of ether oxygens (including phenoxy) is 1. The minimum Gasteiger partial charge on any atom is -0.391 e. The maximum atomic E-state index is 12.4. The van der Waals surface area contributed by atoms with Gasteiger partial charge in [0.05, 0.1) is 19.3 Å². The van der Waals surface area contributed by atoms with Crippen molar-refractivity contribution in [3.05, 3.63) is 0 Å². The van der Waals surface area contributed by atoms with E-state index in [9.17, 15) is 13.5 Å². The summed E-state index contributed by atoms with van der Waals surface area (Å²) in [7, 11) is -3.42. The molecule has 2 rings (SSSR count). The first-order valence-corrected chi connectivity index (χ1v) is 7.96. The van der Waals surface area contributed by atoms with Crippen LogP contribution in [0.15, 0.2) is 0 Å². The van der Waals surface area contributed by atoms with Gasteiger partial charge in [-0.05, 0) is 12.3 Å². The average Bonchev–Trinajstić information content (AvgIpc) is 2.39. The van der Waals surface area contributed by atoms with E-state index in [1.165, 1.54) is 8.61 Å². The summed E-state index contributed by atoms with van der Waals surface area (Å²) in [6, 6.07) is 0. The first kappa shape index (κ1) is 14.2. The summed E-state index contributed by atoms with van der Waals surface area (Å²) in [4.78, 5) is 0. The van der Waals surface area contributed by atoms with Crippen LogP contribution in [-0.4, -0.2) is 67.6 Å². The first-order chi connectivity index (χ1) is 8.55. The Morgan fingerprint density at radius 3 is 2.44 bits per heavy atom. The van der Waals surface area contributed by atoms with E-state index in [-0.39, 0.29) is 12.5 Å². The number of piperidine rings is 1. The van der Waals surface area contributed by atoms with Gasteiger partial charge in [-0.1, -0.05) is 13.3 Å². The molecule has 0 aromatic heterocycles. The number of β-amino-alcohol motifs (C(OH)–C–C–N with tert-alkyl or cyclic N) is 1. The molecule has 0 aromatic rings. The normalized spacial score (nSPS) is 32.6. The third-order valence-electron chi connectivity index (χ3n) is 3.83. The van der Waals surface area contributed by atoms with E-state index in [1.807, 2.05) is 6.92 Å². The predicted octanol–water partition coefficient (Wildman–Crippen LogP) is -0.344. The molecular weight excluding hydrogens is 256 g/mol. The zero-order chi connectivity index (χ0) is 13.2. The van der Waals surface area contributed by atoms with Crippen LogP contribution in [0.3, 0.4) is 0 Å². The lowest BCUT2D eigenvalue weighted by atomic mass is 9.93. The number of aliphatic hydroxyl groups excluding tert-OH is 1. The van der Waals surface area contributed by atoms with Crippen molar-refractivity contribution in [3.63, 3.8) is 0 Å². The predicted molar refractivity (Wildman–Crippen MR) is 67.3 cm³/mol. The summed E-state index contributed by atoms with van der Waals surface area (Å²) in [5.74, 6) is 0.223. The minimum absolute atomic E-state index is 0.220. The fourth-order valence-electron chi connectivity index (χ4n) is 2.58. The van der Waals surface area contributed by atoms with Gasteiger partial charge in [-0.25, -0.2) is 0 Å². The number of nitrogens with zero attached hydrogens (tertiary/aromatic N) is 2. The number of rotatable bonds is 3. The second-order valence-corrected chi connectivity index (χ2v) is 6.83. The van der Waals surface area contributed by atoms with Crippen molar-refractivity contribution >= 4 is 10.2 Å². The molecule has 2 aliphatic rings. The third kappa shape index (κ3) is 2.85. The summed E-state index contributed by atoms with van der Waals surface area (Å²) in [5.41, 5.74) is 0. The molecule has 0 unspecified atom stereocenters. The monoisotopic (exact) mass is 278 g/mol. The summed E-state index contributed by atoms with van der Waals surface area (Å²) in [5, 5.41) is 9.95. The lowest BCUT2D eigenvalue weighted by Crippen LogP contribution is -2.53. The Morgan fingerprint density at radius 1 is 1.22 bits per heavy atom. The van der Waals surface area contributed by atoms with Crippen LogP contribution < -0.4 is 0 Å². The zero-order valence-electron chi connectivity index (χ0n) is 10.8. The second kappa shape index (κ2) is 5.83. The lowest BCUT2D eigenvalue weighted by molar-refractivity contribution is 0.0413. The van der Waals surface area contributed by atoms with E-state index in [0.29, 0.717) is 32.8 Å². The molecule has 2 fully saturated rings. The molecule has 7 heteroatoms. The van der Waals surface area contributed by atoms with Crippen molar-refractivity contribution in [1.29, 1.82) is 0 Å². The molecule has 0 radical (unpaired) electrons. The highest BCUT2D eigenvalue weighted by Crippen LogP contribution is 2.24. The highest BCUT2D eigenvalue weighted by Gasteiger charge is 2.36. The summed E-state index contributed by atoms with van der Waals surface area (Å²) in [6.07, 6.45) is 1.09. The van der Waals surface area contributed by atoms with Gasteiger partial charge in [0.15, 0.2) is 0 Å². The maximum absolute atomic E-state index is 12.4. The van der Waals surface area contributed by atoms with Crippen LogP contribution in [0.5, 0.6) is 0 Å². The van der Waals surface area contributed by atoms with Crippen molar-refractivity contribution in [1.82, 2.24) is 8.61 Å². The van der Waals surface area contributed by atoms with Gasteiger partial charge in [0.25, 0.3) is 10.2 Å². The van der Waals surface area contributed by atoms with Crippen LogP contribution >= 0.6 is 0 Å². The third-order valence-corrected chi connectivity index (χ3v) is 5.83. The first-order valence-electron chi connectivity index (χ1n) is 6.56. The van der Waals surface area contributed by atoms with Crippen LogP contribution in [0, 0.1) is 5.92 Å². The van der Waals surface area contributed by atoms with Gasteiger partial charge in [0.1, 0.15) is 0 Å². The van der Waals surface area contributed by atoms with E-state index >= 15 is 0 Å². The van der Waals surface area contributed by atoms with Gasteiger partial charge in [-0.15, -0.1) is 0 Å². The number of morpholine rings is 1. The fourth-order valence-corrected chi connectivity index (χ4v) is 4.19. The van der Waals surface area contributed by atoms with E-state index in [4.69, 9.17) is 4.74 Å². The molecule has 0 bridgehead atoms. The van der Waals surface area contributed by atoms with Crippen molar-refractivity contribution in [3.8, 4) is 0 Å². The maximum Gasteiger partial charge on any atom is 0.282 e. The average molecular weight is 278 g/mol. The zero-order valence-corrected chi connectivity index (χ0v) is 11.6. The number of hydrogen-bond donors (Lipinski definition) is 1. The molecule has 2 heterocycles.